The van der Waals surface area contributed by atoms with Gasteiger partial charge in [-0.05, 0) is 43.3 Å². The van der Waals surface area contributed by atoms with Gasteiger partial charge in [0.05, 0.1) is 23.7 Å². The van der Waals surface area contributed by atoms with E-state index in [2.05, 4.69) is 0 Å². The number of amides is 1. The standard InChI is InChI=1S/C17H16N2O4/c1-12-3-8-15(23-12)10-19(2)16(20)11-22-17(21)14-6-4-13(9-18)5-7-14/h3-8H,10-11H2,1-2H3. The molecule has 0 saturated heterocycles. The van der Waals surface area contributed by atoms with Gasteiger partial charge in [-0.2, -0.15) is 5.26 Å². The summed E-state index contributed by atoms with van der Waals surface area (Å²) in [7, 11) is 1.61. The normalized spacial score (nSPS) is 9.96. The third-order valence-electron chi connectivity index (χ3n) is 3.19. The molecule has 1 aromatic heterocycles. The number of ether oxygens (including phenoxy) is 1. The Kier molecular flexibility index (Phi) is 5.15. The van der Waals surface area contributed by atoms with Gasteiger partial charge in [0.1, 0.15) is 11.5 Å². The van der Waals surface area contributed by atoms with Crippen LogP contribution in [0.4, 0.5) is 0 Å². The van der Waals surface area contributed by atoms with Crippen LogP contribution < -0.4 is 0 Å². The monoisotopic (exact) mass is 312 g/mol. The second-order valence-electron chi connectivity index (χ2n) is 5.03. The molecule has 6 heteroatoms. The second kappa shape index (κ2) is 7.27. The van der Waals surface area contributed by atoms with Crippen molar-refractivity contribution in [1.29, 1.82) is 5.26 Å². The van der Waals surface area contributed by atoms with Gasteiger partial charge in [0.15, 0.2) is 6.61 Å². The summed E-state index contributed by atoms with van der Waals surface area (Å²) in [5.41, 5.74) is 0.743. The van der Waals surface area contributed by atoms with Crippen LogP contribution in [0.25, 0.3) is 0 Å². The molecule has 6 nitrogen and oxygen atoms in total. The number of rotatable bonds is 5. The maximum Gasteiger partial charge on any atom is 0.338 e. The van der Waals surface area contributed by atoms with Crippen molar-refractivity contribution in [3.05, 3.63) is 59.0 Å². The third kappa shape index (κ3) is 4.45. The number of nitrogens with zero attached hydrogens (tertiary/aromatic N) is 2. The van der Waals surface area contributed by atoms with Crippen LogP contribution in [-0.4, -0.2) is 30.4 Å². The summed E-state index contributed by atoms with van der Waals surface area (Å²) < 4.78 is 10.4. The van der Waals surface area contributed by atoms with Crippen LogP contribution in [0.1, 0.15) is 27.4 Å². The van der Waals surface area contributed by atoms with Crippen molar-refractivity contribution < 1.29 is 18.7 Å². The molecule has 0 aliphatic heterocycles. The Labute approximate surface area is 133 Å². The molecule has 0 fully saturated rings. The van der Waals surface area contributed by atoms with Gasteiger partial charge in [-0.3, -0.25) is 4.79 Å². The summed E-state index contributed by atoms with van der Waals surface area (Å²) in [6, 6.07) is 11.6. The van der Waals surface area contributed by atoms with E-state index in [-0.39, 0.29) is 12.5 Å². The highest BCUT2D eigenvalue weighted by Crippen LogP contribution is 2.09. The molecular weight excluding hydrogens is 296 g/mol. The predicted molar refractivity (Wildman–Crippen MR) is 81.4 cm³/mol. The maximum atomic E-state index is 12.0. The molecule has 2 aromatic rings. The molecule has 1 amide bonds. The Balaban J connectivity index is 1.85. The van der Waals surface area contributed by atoms with E-state index in [0.29, 0.717) is 23.4 Å². The summed E-state index contributed by atoms with van der Waals surface area (Å²) in [6.07, 6.45) is 0. The SMILES string of the molecule is Cc1ccc(CN(C)C(=O)COC(=O)c2ccc(C#N)cc2)o1. The minimum atomic E-state index is -0.606. The zero-order valence-electron chi connectivity index (χ0n) is 12.9. The molecule has 2 rings (SSSR count). The first-order valence-corrected chi connectivity index (χ1v) is 6.96. The number of aryl methyl sites for hydroxylation is 1. The third-order valence-corrected chi connectivity index (χ3v) is 3.19. The van der Waals surface area contributed by atoms with E-state index in [0.717, 1.165) is 5.76 Å². The van der Waals surface area contributed by atoms with Crippen LogP contribution in [0.15, 0.2) is 40.8 Å². The Morgan fingerprint density at radius 3 is 2.48 bits per heavy atom. The highest BCUT2D eigenvalue weighted by Gasteiger charge is 2.15. The lowest BCUT2D eigenvalue weighted by Gasteiger charge is -2.15. The molecule has 0 radical (unpaired) electrons. The molecule has 23 heavy (non-hydrogen) atoms. The lowest BCUT2D eigenvalue weighted by molar-refractivity contribution is -0.134. The van der Waals surface area contributed by atoms with Crippen molar-refractivity contribution in [2.24, 2.45) is 0 Å². The lowest BCUT2D eigenvalue weighted by Crippen LogP contribution is -2.30. The van der Waals surface area contributed by atoms with E-state index in [1.165, 1.54) is 29.2 Å². The van der Waals surface area contributed by atoms with Crippen molar-refractivity contribution in [1.82, 2.24) is 4.90 Å². The molecule has 0 spiro atoms. The highest BCUT2D eigenvalue weighted by molar-refractivity contribution is 5.91. The van der Waals surface area contributed by atoms with Gasteiger partial charge in [-0.1, -0.05) is 0 Å². The molecule has 118 valence electrons. The van der Waals surface area contributed by atoms with E-state index in [4.69, 9.17) is 14.4 Å². The smallest absolute Gasteiger partial charge is 0.338 e. The van der Waals surface area contributed by atoms with Crippen LogP contribution in [0.3, 0.4) is 0 Å². The van der Waals surface area contributed by atoms with Gasteiger partial charge in [0.2, 0.25) is 0 Å². The van der Waals surface area contributed by atoms with Crippen LogP contribution in [0, 0.1) is 18.3 Å². The maximum absolute atomic E-state index is 12.0. The Morgan fingerprint density at radius 1 is 1.22 bits per heavy atom. The quantitative estimate of drug-likeness (QED) is 0.791. The van der Waals surface area contributed by atoms with E-state index < -0.39 is 5.97 Å². The average molecular weight is 312 g/mol. The predicted octanol–water partition coefficient (Wildman–Crippen LogP) is 2.28. The van der Waals surface area contributed by atoms with Gasteiger partial charge in [-0.15, -0.1) is 0 Å². The van der Waals surface area contributed by atoms with Gasteiger partial charge in [0, 0.05) is 7.05 Å². The van der Waals surface area contributed by atoms with E-state index in [1.54, 1.807) is 13.1 Å². The second-order valence-corrected chi connectivity index (χ2v) is 5.03. The topological polar surface area (TPSA) is 83.5 Å². The first-order valence-electron chi connectivity index (χ1n) is 6.96. The fourth-order valence-electron chi connectivity index (χ4n) is 1.89. The first-order chi connectivity index (χ1) is 11.0. The summed E-state index contributed by atoms with van der Waals surface area (Å²) in [4.78, 5) is 25.2. The number of nitriles is 1. The van der Waals surface area contributed by atoms with E-state index in [9.17, 15) is 9.59 Å². The highest BCUT2D eigenvalue weighted by atomic mass is 16.5. The minimum absolute atomic E-state index is 0.293. The number of hydrogen-bond acceptors (Lipinski definition) is 5. The molecule has 0 bridgehead atoms. The largest absolute Gasteiger partial charge is 0.464 e. The fraction of sp³-hybridized carbons (Fsp3) is 0.235. The number of benzene rings is 1. The summed E-state index contributed by atoms with van der Waals surface area (Å²) in [6.45, 7) is 1.78. The van der Waals surface area contributed by atoms with Crippen molar-refractivity contribution in [3.63, 3.8) is 0 Å². The summed E-state index contributed by atoms with van der Waals surface area (Å²) >= 11 is 0. The van der Waals surface area contributed by atoms with E-state index >= 15 is 0 Å². The van der Waals surface area contributed by atoms with Crippen molar-refractivity contribution in [2.45, 2.75) is 13.5 Å². The molecule has 0 atom stereocenters. The Hall–Kier alpha value is -3.07. The number of esters is 1. The van der Waals surface area contributed by atoms with Crippen LogP contribution in [0.2, 0.25) is 0 Å². The van der Waals surface area contributed by atoms with Crippen molar-refractivity contribution >= 4 is 11.9 Å². The molecule has 0 saturated carbocycles. The van der Waals surface area contributed by atoms with Crippen molar-refractivity contribution in [2.75, 3.05) is 13.7 Å². The van der Waals surface area contributed by atoms with Crippen LogP contribution >= 0.6 is 0 Å². The molecule has 0 N–H and O–H groups in total. The average Bonchev–Trinajstić information content (AvgIpc) is 2.97. The summed E-state index contributed by atoms with van der Waals surface area (Å²) in [5, 5.41) is 8.70. The first kappa shape index (κ1) is 16.3. The van der Waals surface area contributed by atoms with Crippen LogP contribution in [0.5, 0.6) is 0 Å². The summed E-state index contributed by atoms with van der Waals surface area (Å²) in [5.74, 6) is 0.496. The number of likely N-dealkylation sites (N-methyl/N-ethyl adjacent to an activating group) is 1. The minimum Gasteiger partial charge on any atom is -0.464 e. The number of carbonyl (C=O) groups is 2. The van der Waals surface area contributed by atoms with Gasteiger partial charge < -0.3 is 14.1 Å². The number of carbonyl (C=O) groups excluding carboxylic acids is 2. The lowest BCUT2D eigenvalue weighted by atomic mass is 10.1. The van der Waals surface area contributed by atoms with Crippen molar-refractivity contribution in [3.8, 4) is 6.07 Å². The van der Waals surface area contributed by atoms with Crippen LogP contribution in [-0.2, 0) is 16.1 Å². The zero-order valence-corrected chi connectivity index (χ0v) is 12.9. The molecule has 0 aliphatic rings. The number of furan rings is 1. The Morgan fingerprint density at radius 2 is 1.91 bits per heavy atom. The molecule has 1 heterocycles. The van der Waals surface area contributed by atoms with E-state index in [1.807, 2.05) is 19.1 Å². The molecule has 0 aliphatic carbocycles. The Bertz CT molecular complexity index is 741. The number of hydrogen-bond donors (Lipinski definition) is 0. The zero-order chi connectivity index (χ0) is 16.8. The molecule has 1 aromatic carbocycles. The molecule has 0 unspecified atom stereocenters. The molecular formula is C17H16N2O4. The fourth-order valence-corrected chi connectivity index (χ4v) is 1.89. The van der Waals surface area contributed by atoms with Gasteiger partial charge >= 0.3 is 5.97 Å². The van der Waals surface area contributed by atoms with Gasteiger partial charge in [0.25, 0.3) is 5.91 Å². The van der Waals surface area contributed by atoms with Gasteiger partial charge in [-0.25, -0.2) is 4.79 Å².